The predicted molar refractivity (Wildman–Crippen MR) is 94.2 cm³/mol. The van der Waals surface area contributed by atoms with Crippen molar-refractivity contribution in [3.63, 3.8) is 0 Å². The number of hydrogen-bond acceptors (Lipinski definition) is 2. The van der Waals surface area contributed by atoms with Crippen molar-refractivity contribution in [1.29, 1.82) is 0 Å². The fourth-order valence-electron chi connectivity index (χ4n) is 2.63. The maximum Gasteiger partial charge on any atom is 0.0613 e. The molecule has 2 nitrogen and oxygen atoms in total. The van der Waals surface area contributed by atoms with Gasteiger partial charge in [0.2, 0.25) is 0 Å². The lowest BCUT2D eigenvalue weighted by molar-refractivity contribution is 0.350. The molecule has 0 saturated carbocycles. The molecule has 3 aromatic carbocycles. The van der Waals surface area contributed by atoms with E-state index >= 15 is 0 Å². The molecule has 0 aromatic heterocycles. The van der Waals surface area contributed by atoms with Gasteiger partial charge < -0.3 is 0 Å². The standard InChI is InChI=1S/C20H20N2/c1-16-7-5-8-17(13-16)14-21-22(2)15-19-11-6-10-18-9-3-4-12-20(18)19/h3-14H,15H2,1-2H3/b21-14+. The van der Waals surface area contributed by atoms with Crippen LogP contribution in [0.1, 0.15) is 16.7 Å². The third kappa shape index (κ3) is 3.34. The highest BCUT2D eigenvalue weighted by Gasteiger charge is 2.02. The van der Waals surface area contributed by atoms with Gasteiger partial charge in [0.05, 0.1) is 12.8 Å². The van der Waals surface area contributed by atoms with Gasteiger partial charge in [-0.25, -0.2) is 0 Å². The monoisotopic (exact) mass is 288 g/mol. The van der Waals surface area contributed by atoms with Crippen molar-refractivity contribution in [2.45, 2.75) is 13.5 Å². The van der Waals surface area contributed by atoms with Crippen molar-refractivity contribution in [1.82, 2.24) is 5.01 Å². The summed E-state index contributed by atoms with van der Waals surface area (Å²) in [6.45, 7) is 2.89. The average molecular weight is 288 g/mol. The van der Waals surface area contributed by atoms with Crippen molar-refractivity contribution in [3.05, 3.63) is 83.4 Å². The number of hydrogen-bond donors (Lipinski definition) is 0. The molecular formula is C20H20N2. The molecule has 0 heterocycles. The topological polar surface area (TPSA) is 15.6 Å². The van der Waals surface area contributed by atoms with E-state index in [0.29, 0.717) is 0 Å². The number of fused-ring (bicyclic) bond motifs is 1. The molecule has 0 aliphatic rings. The number of hydrazone groups is 1. The van der Waals surface area contributed by atoms with Gasteiger partial charge in [-0.1, -0.05) is 72.3 Å². The van der Waals surface area contributed by atoms with Crippen LogP contribution in [0.3, 0.4) is 0 Å². The Kier molecular flexibility index (Phi) is 4.19. The normalized spacial score (nSPS) is 11.2. The summed E-state index contributed by atoms with van der Waals surface area (Å²) < 4.78 is 0. The maximum absolute atomic E-state index is 4.55. The van der Waals surface area contributed by atoms with Crippen LogP contribution in [0.2, 0.25) is 0 Å². The van der Waals surface area contributed by atoms with Crippen LogP contribution in [0.4, 0.5) is 0 Å². The molecule has 0 unspecified atom stereocenters. The second-order valence-corrected chi connectivity index (χ2v) is 5.61. The van der Waals surface area contributed by atoms with Crippen LogP contribution >= 0.6 is 0 Å². The van der Waals surface area contributed by atoms with E-state index in [9.17, 15) is 0 Å². The lowest BCUT2D eigenvalue weighted by atomic mass is 10.0. The third-order valence-corrected chi connectivity index (χ3v) is 3.73. The maximum atomic E-state index is 4.55. The number of rotatable bonds is 4. The van der Waals surface area contributed by atoms with Gasteiger partial charge in [0.15, 0.2) is 0 Å². The zero-order valence-corrected chi connectivity index (χ0v) is 13.0. The van der Waals surface area contributed by atoms with Gasteiger partial charge in [-0.15, -0.1) is 0 Å². The highest BCUT2D eigenvalue weighted by Crippen LogP contribution is 2.19. The van der Waals surface area contributed by atoms with Gasteiger partial charge >= 0.3 is 0 Å². The summed E-state index contributed by atoms with van der Waals surface area (Å²) in [6, 6.07) is 23.3. The highest BCUT2D eigenvalue weighted by molar-refractivity contribution is 5.85. The molecule has 0 atom stereocenters. The highest BCUT2D eigenvalue weighted by atomic mass is 15.4. The van der Waals surface area contributed by atoms with Crippen molar-refractivity contribution in [2.75, 3.05) is 7.05 Å². The smallest absolute Gasteiger partial charge is 0.0613 e. The molecule has 3 rings (SSSR count). The van der Waals surface area contributed by atoms with E-state index in [1.54, 1.807) is 0 Å². The van der Waals surface area contributed by atoms with Crippen molar-refractivity contribution >= 4 is 17.0 Å². The first-order valence-corrected chi connectivity index (χ1v) is 7.51. The summed E-state index contributed by atoms with van der Waals surface area (Å²) in [6.07, 6.45) is 1.91. The van der Waals surface area contributed by atoms with E-state index in [0.717, 1.165) is 12.1 Å². The molecule has 0 aliphatic carbocycles. The van der Waals surface area contributed by atoms with Crippen LogP contribution < -0.4 is 0 Å². The molecule has 2 heteroatoms. The van der Waals surface area contributed by atoms with Crippen LogP contribution in [0.15, 0.2) is 71.8 Å². The zero-order chi connectivity index (χ0) is 15.4. The lowest BCUT2D eigenvalue weighted by Gasteiger charge is -2.14. The van der Waals surface area contributed by atoms with Gasteiger partial charge in [-0.3, -0.25) is 5.01 Å². The van der Waals surface area contributed by atoms with E-state index in [1.807, 2.05) is 18.3 Å². The summed E-state index contributed by atoms with van der Waals surface area (Å²) in [4.78, 5) is 0. The van der Waals surface area contributed by atoms with Crippen LogP contribution in [-0.4, -0.2) is 18.3 Å². The summed E-state index contributed by atoms with van der Waals surface area (Å²) in [5, 5.41) is 9.09. The fraction of sp³-hybridized carbons (Fsp3) is 0.150. The second kappa shape index (κ2) is 6.44. The van der Waals surface area contributed by atoms with E-state index in [4.69, 9.17) is 0 Å². The zero-order valence-electron chi connectivity index (χ0n) is 13.0. The Morgan fingerprint density at radius 2 is 1.73 bits per heavy atom. The summed E-state index contributed by atoms with van der Waals surface area (Å²) in [5.74, 6) is 0. The molecular weight excluding hydrogens is 268 g/mol. The Morgan fingerprint density at radius 3 is 2.59 bits per heavy atom. The van der Waals surface area contributed by atoms with Gasteiger partial charge in [0.25, 0.3) is 0 Å². The molecule has 0 N–H and O–H groups in total. The molecule has 0 bridgehead atoms. The first kappa shape index (κ1) is 14.3. The largest absolute Gasteiger partial charge is 0.296 e. The molecule has 0 spiro atoms. The minimum atomic E-state index is 0.795. The Labute approximate surface area is 131 Å². The van der Waals surface area contributed by atoms with E-state index in [-0.39, 0.29) is 0 Å². The summed E-state index contributed by atoms with van der Waals surface area (Å²) in [7, 11) is 2.01. The average Bonchev–Trinajstić information content (AvgIpc) is 2.53. The number of benzene rings is 3. The van der Waals surface area contributed by atoms with Gasteiger partial charge in [-0.2, -0.15) is 5.10 Å². The van der Waals surface area contributed by atoms with E-state index in [1.165, 1.54) is 21.9 Å². The molecule has 3 aromatic rings. The molecule has 110 valence electrons. The summed E-state index contributed by atoms with van der Waals surface area (Å²) in [5.41, 5.74) is 3.67. The number of aryl methyl sites for hydroxylation is 1. The van der Waals surface area contributed by atoms with Crippen LogP contribution in [0, 0.1) is 6.92 Å². The first-order valence-electron chi connectivity index (χ1n) is 7.51. The van der Waals surface area contributed by atoms with Crippen LogP contribution in [0.5, 0.6) is 0 Å². The minimum absolute atomic E-state index is 0.795. The quantitative estimate of drug-likeness (QED) is 0.505. The van der Waals surface area contributed by atoms with Crippen LogP contribution in [-0.2, 0) is 6.54 Å². The number of nitrogens with zero attached hydrogens (tertiary/aromatic N) is 2. The second-order valence-electron chi connectivity index (χ2n) is 5.61. The Bertz CT molecular complexity index is 800. The summed E-state index contributed by atoms with van der Waals surface area (Å²) >= 11 is 0. The fourth-order valence-corrected chi connectivity index (χ4v) is 2.63. The van der Waals surface area contributed by atoms with E-state index in [2.05, 4.69) is 78.8 Å². The van der Waals surface area contributed by atoms with Gasteiger partial charge in [0.1, 0.15) is 0 Å². The minimum Gasteiger partial charge on any atom is -0.296 e. The molecule has 0 aliphatic heterocycles. The Hall–Kier alpha value is -2.61. The lowest BCUT2D eigenvalue weighted by Crippen LogP contribution is -2.11. The molecule has 0 radical (unpaired) electrons. The van der Waals surface area contributed by atoms with Crippen molar-refractivity contribution in [2.24, 2.45) is 5.10 Å². The Balaban J connectivity index is 1.77. The van der Waals surface area contributed by atoms with Crippen molar-refractivity contribution < 1.29 is 0 Å². The third-order valence-electron chi connectivity index (χ3n) is 3.73. The molecule has 0 amide bonds. The van der Waals surface area contributed by atoms with Crippen molar-refractivity contribution in [3.8, 4) is 0 Å². The molecule has 0 fully saturated rings. The molecule has 22 heavy (non-hydrogen) atoms. The Morgan fingerprint density at radius 1 is 0.955 bits per heavy atom. The van der Waals surface area contributed by atoms with Gasteiger partial charge in [-0.05, 0) is 28.8 Å². The molecule has 0 saturated heterocycles. The SMILES string of the molecule is Cc1cccc(/C=N/N(C)Cc2cccc3ccccc23)c1. The van der Waals surface area contributed by atoms with E-state index < -0.39 is 0 Å². The first-order chi connectivity index (χ1) is 10.7. The van der Waals surface area contributed by atoms with Gasteiger partial charge in [0, 0.05) is 7.05 Å². The van der Waals surface area contributed by atoms with Crippen LogP contribution in [0.25, 0.3) is 10.8 Å². The predicted octanol–water partition coefficient (Wildman–Crippen LogP) is 4.61.